The summed E-state index contributed by atoms with van der Waals surface area (Å²) in [4.78, 5) is 34.8. The molecule has 0 aromatic heterocycles. The van der Waals surface area contributed by atoms with E-state index >= 15 is 0 Å². The molecule has 0 aliphatic carbocycles. The highest BCUT2D eigenvalue weighted by Crippen LogP contribution is 2.41. The summed E-state index contributed by atoms with van der Waals surface area (Å²) in [6.45, 7) is 0.110. The van der Waals surface area contributed by atoms with Crippen molar-refractivity contribution in [3.05, 3.63) is 0 Å². The van der Waals surface area contributed by atoms with Gasteiger partial charge < -0.3 is 54.5 Å². The van der Waals surface area contributed by atoms with Crippen LogP contribution in [0.4, 0.5) is 0 Å². The van der Waals surface area contributed by atoms with Gasteiger partial charge in [-0.3, -0.25) is 9.59 Å². The highest BCUT2D eigenvalue weighted by atomic mass is 16.7. The minimum absolute atomic E-state index is 0.746. The van der Waals surface area contributed by atoms with E-state index < -0.39 is 73.3 Å². The number of ether oxygens (including phenoxy) is 5. The topological polar surface area (TPSA) is 211 Å². The number of methoxy groups -OCH3 is 2. The molecule has 1 saturated heterocycles. The number of rotatable bonds is 9. The standard InChI is InChI=1S/C16H27NO13/c1-8(19)17-11-12(16(25,27-4)10(21)5-18)30-15(24,6-14(11,23)26-3)13(22)29-7-28-9(2)20/h10-12,18,21,23-25H,5-7H2,1-4H3,(H,17,19)/t10-,11+,12-,14-,15?,16+/m1/s1. The lowest BCUT2D eigenvalue weighted by Crippen LogP contribution is -2.76. The average molecular weight is 441 g/mol. The molecule has 1 unspecified atom stereocenters. The van der Waals surface area contributed by atoms with Crippen molar-refractivity contribution in [2.45, 2.75) is 55.9 Å². The van der Waals surface area contributed by atoms with Crippen molar-refractivity contribution in [2.24, 2.45) is 0 Å². The van der Waals surface area contributed by atoms with Crippen molar-refractivity contribution in [3.63, 3.8) is 0 Å². The molecule has 0 saturated carbocycles. The fourth-order valence-corrected chi connectivity index (χ4v) is 2.91. The van der Waals surface area contributed by atoms with Gasteiger partial charge >= 0.3 is 11.9 Å². The molecule has 14 nitrogen and oxygen atoms in total. The zero-order valence-corrected chi connectivity index (χ0v) is 16.9. The van der Waals surface area contributed by atoms with Crippen molar-refractivity contribution in [1.82, 2.24) is 5.32 Å². The monoisotopic (exact) mass is 441 g/mol. The molecule has 1 aliphatic heterocycles. The fraction of sp³-hybridized carbons (Fsp3) is 0.812. The van der Waals surface area contributed by atoms with Gasteiger partial charge in [-0.2, -0.15) is 0 Å². The van der Waals surface area contributed by atoms with E-state index in [0.717, 1.165) is 28.1 Å². The minimum atomic E-state index is -3.02. The van der Waals surface area contributed by atoms with Crippen LogP contribution in [-0.4, -0.2) is 107 Å². The number of aliphatic hydroxyl groups excluding tert-OH is 2. The lowest BCUT2D eigenvalue weighted by atomic mass is 9.83. The molecule has 1 amide bonds. The molecule has 1 aliphatic rings. The molecule has 1 fully saturated rings. The third-order valence-corrected chi connectivity index (χ3v) is 4.47. The van der Waals surface area contributed by atoms with E-state index in [4.69, 9.17) is 14.2 Å². The molecule has 0 aromatic carbocycles. The molecule has 0 spiro atoms. The van der Waals surface area contributed by atoms with Crippen LogP contribution in [0, 0.1) is 0 Å². The van der Waals surface area contributed by atoms with Gasteiger partial charge in [-0.15, -0.1) is 0 Å². The number of amides is 1. The summed E-state index contributed by atoms with van der Waals surface area (Å²) in [5.74, 6) is -11.5. The van der Waals surface area contributed by atoms with Crippen LogP contribution in [0.5, 0.6) is 0 Å². The first-order valence-corrected chi connectivity index (χ1v) is 8.61. The minimum Gasteiger partial charge on any atom is -0.428 e. The van der Waals surface area contributed by atoms with E-state index in [1.807, 2.05) is 0 Å². The molecule has 0 aromatic rings. The van der Waals surface area contributed by atoms with Gasteiger partial charge in [0, 0.05) is 28.1 Å². The van der Waals surface area contributed by atoms with Gasteiger partial charge in [-0.05, 0) is 0 Å². The summed E-state index contributed by atoms with van der Waals surface area (Å²) in [6, 6.07) is -1.72. The van der Waals surface area contributed by atoms with Gasteiger partial charge in [-0.25, -0.2) is 4.79 Å². The van der Waals surface area contributed by atoms with E-state index in [9.17, 15) is 39.9 Å². The third kappa shape index (κ3) is 5.41. The van der Waals surface area contributed by atoms with Gasteiger partial charge in [0.05, 0.1) is 13.0 Å². The largest absolute Gasteiger partial charge is 0.428 e. The van der Waals surface area contributed by atoms with E-state index in [1.54, 1.807) is 0 Å². The van der Waals surface area contributed by atoms with Crippen molar-refractivity contribution in [2.75, 3.05) is 27.6 Å². The number of hydrogen-bond acceptors (Lipinski definition) is 13. The van der Waals surface area contributed by atoms with Gasteiger partial charge in [-0.1, -0.05) is 0 Å². The van der Waals surface area contributed by atoms with Crippen LogP contribution in [0.25, 0.3) is 0 Å². The average Bonchev–Trinajstić information content (AvgIpc) is 2.67. The molecular weight excluding hydrogens is 414 g/mol. The highest BCUT2D eigenvalue weighted by molar-refractivity contribution is 5.78. The Hall–Kier alpha value is -1.91. The molecule has 1 heterocycles. The summed E-state index contributed by atoms with van der Waals surface area (Å²) >= 11 is 0. The number of hydrogen-bond donors (Lipinski definition) is 6. The van der Waals surface area contributed by atoms with Crippen LogP contribution >= 0.6 is 0 Å². The number of aliphatic hydroxyl groups is 5. The fourth-order valence-electron chi connectivity index (χ4n) is 2.91. The van der Waals surface area contributed by atoms with Gasteiger partial charge in [0.25, 0.3) is 5.79 Å². The Morgan fingerprint density at radius 3 is 2.27 bits per heavy atom. The van der Waals surface area contributed by atoms with Crippen LogP contribution in [0.1, 0.15) is 20.3 Å². The number of nitrogens with one attached hydrogen (secondary N) is 1. The Morgan fingerprint density at radius 2 is 1.83 bits per heavy atom. The zero-order chi connectivity index (χ0) is 23.3. The number of carbonyl (C=O) groups excluding carboxylic acids is 3. The molecule has 14 heteroatoms. The summed E-state index contributed by atoms with van der Waals surface area (Å²) < 4.78 is 24.0. The molecule has 0 radical (unpaired) electrons. The highest BCUT2D eigenvalue weighted by Gasteiger charge is 2.65. The van der Waals surface area contributed by atoms with Gasteiger partial charge in [0.2, 0.25) is 18.5 Å². The summed E-state index contributed by atoms with van der Waals surface area (Å²) in [5.41, 5.74) is 0. The first-order chi connectivity index (χ1) is 13.8. The second-order valence-corrected chi connectivity index (χ2v) is 6.57. The molecule has 6 N–H and O–H groups in total. The molecule has 30 heavy (non-hydrogen) atoms. The van der Waals surface area contributed by atoms with Crippen LogP contribution in [0.15, 0.2) is 0 Å². The van der Waals surface area contributed by atoms with Gasteiger partial charge in [0.1, 0.15) is 18.2 Å². The van der Waals surface area contributed by atoms with E-state index in [1.165, 1.54) is 0 Å². The second-order valence-electron chi connectivity index (χ2n) is 6.57. The Morgan fingerprint density at radius 1 is 1.23 bits per heavy atom. The van der Waals surface area contributed by atoms with Crippen molar-refractivity contribution in [1.29, 1.82) is 0 Å². The summed E-state index contributed by atoms with van der Waals surface area (Å²) in [7, 11) is 1.86. The molecular formula is C16H27NO13. The molecule has 1 rings (SSSR count). The van der Waals surface area contributed by atoms with Crippen molar-refractivity contribution >= 4 is 17.8 Å². The van der Waals surface area contributed by atoms with Crippen LogP contribution in [0.3, 0.4) is 0 Å². The Balaban J connectivity index is 3.41. The maximum atomic E-state index is 12.4. The smallest absolute Gasteiger partial charge is 0.369 e. The van der Waals surface area contributed by atoms with Crippen molar-refractivity contribution in [3.8, 4) is 0 Å². The van der Waals surface area contributed by atoms with E-state index in [2.05, 4.69) is 14.8 Å². The zero-order valence-electron chi connectivity index (χ0n) is 16.9. The molecule has 6 atom stereocenters. The maximum absolute atomic E-state index is 12.4. The van der Waals surface area contributed by atoms with Crippen molar-refractivity contribution < 1.29 is 63.6 Å². The number of carbonyl (C=O) groups is 3. The third-order valence-electron chi connectivity index (χ3n) is 4.47. The first kappa shape index (κ1) is 26.1. The first-order valence-electron chi connectivity index (χ1n) is 8.61. The Kier molecular flexibility index (Phi) is 8.65. The Bertz CT molecular complexity index is 645. The predicted molar refractivity (Wildman–Crippen MR) is 91.8 cm³/mol. The summed E-state index contributed by atoms with van der Waals surface area (Å²) in [5, 5.41) is 53.9. The lowest BCUT2D eigenvalue weighted by molar-refractivity contribution is -0.402. The van der Waals surface area contributed by atoms with Crippen LogP contribution in [0.2, 0.25) is 0 Å². The van der Waals surface area contributed by atoms with E-state index in [0.29, 0.717) is 0 Å². The molecule has 174 valence electrons. The summed E-state index contributed by atoms with van der Waals surface area (Å²) in [6.07, 6.45) is -5.20. The van der Waals surface area contributed by atoms with Crippen LogP contribution in [-0.2, 0) is 38.1 Å². The van der Waals surface area contributed by atoms with Gasteiger partial charge in [0.15, 0.2) is 5.79 Å². The van der Waals surface area contributed by atoms with Crippen LogP contribution < -0.4 is 5.32 Å². The lowest BCUT2D eigenvalue weighted by Gasteiger charge is -2.52. The number of esters is 2. The second kappa shape index (κ2) is 9.93. The Labute approximate surface area is 171 Å². The SMILES string of the molecule is CO[C@@](O)([C@H](O)CO)[C@@H]1OC(O)(C(=O)OCOC(C)=O)C[C@@](O)(OC)[C@H]1NC(C)=O. The molecule has 0 bridgehead atoms. The normalized spacial score (nSPS) is 31.9. The quantitative estimate of drug-likeness (QED) is 0.149. The maximum Gasteiger partial charge on any atom is 0.369 e. The van der Waals surface area contributed by atoms with E-state index in [-0.39, 0.29) is 0 Å². The predicted octanol–water partition coefficient (Wildman–Crippen LogP) is -3.94.